The Morgan fingerprint density at radius 2 is 2.17 bits per heavy atom. The summed E-state index contributed by atoms with van der Waals surface area (Å²) in [4.78, 5) is 4.29. The molecule has 0 bridgehead atoms. The Balaban J connectivity index is 1.78. The van der Waals surface area contributed by atoms with Crippen LogP contribution in [0.2, 0.25) is 0 Å². The van der Waals surface area contributed by atoms with E-state index in [1.807, 2.05) is 30.3 Å². The first-order valence-corrected chi connectivity index (χ1v) is 6.06. The van der Waals surface area contributed by atoms with E-state index >= 15 is 0 Å². The highest BCUT2D eigenvalue weighted by Crippen LogP contribution is 2.26. The van der Waals surface area contributed by atoms with Crippen molar-refractivity contribution < 1.29 is 9.63 Å². The summed E-state index contributed by atoms with van der Waals surface area (Å²) in [5.41, 5.74) is 0.128. The first kappa shape index (κ1) is 11.4. The van der Waals surface area contributed by atoms with Crippen LogP contribution in [0.25, 0.3) is 0 Å². The third kappa shape index (κ3) is 2.14. The van der Waals surface area contributed by atoms with E-state index in [9.17, 15) is 5.11 Å². The highest BCUT2D eigenvalue weighted by atomic mass is 16.5. The summed E-state index contributed by atoms with van der Waals surface area (Å²) >= 11 is 0. The minimum atomic E-state index is -0.998. The zero-order chi connectivity index (χ0) is 12.4. The van der Waals surface area contributed by atoms with Crippen LogP contribution in [0.3, 0.4) is 0 Å². The maximum Gasteiger partial charge on any atom is 0.259 e. The molecule has 94 valence electrons. The number of rotatable bonds is 3. The van der Waals surface area contributed by atoms with Gasteiger partial charge in [0.25, 0.3) is 5.89 Å². The van der Waals surface area contributed by atoms with Crippen molar-refractivity contribution in [3.8, 4) is 0 Å². The highest BCUT2D eigenvalue weighted by molar-refractivity contribution is 5.18. The van der Waals surface area contributed by atoms with Crippen LogP contribution in [0, 0.1) is 0 Å². The van der Waals surface area contributed by atoms with Crippen molar-refractivity contribution in [2.45, 2.75) is 18.4 Å². The summed E-state index contributed by atoms with van der Waals surface area (Å²) in [5.74, 6) is 0.926. The molecule has 0 aliphatic carbocycles. The van der Waals surface area contributed by atoms with Gasteiger partial charge in [0.05, 0.1) is 0 Å². The molecule has 1 aromatic carbocycles. The molecule has 1 atom stereocenters. The lowest BCUT2D eigenvalue weighted by Crippen LogP contribution is -2.28. The number of nitrogens with zero attached hydrogens (tertiary/aromatic N) is 2. The minimum absolute atomic E-state index is 0.318. The number of aromatic nitrogens is 2. The van der Waals surface area contributed by atoms with Gasteiger partial charge in [-0.3, -0.25) is 0 Å². The van der Waals surface area contributed by atoms with Crippen molar-refractivity contribution in [1.82, 2.24) is 15.5 Å². The Hall–Kier alpha value is -1.72. The number of β-amino-alcohol motifs (C(OH)–C–C–N with tert-alkyl or cyclic N) is 1. The first-order chi connectivity index (χ1) is 8.76. The summed E-state index contributed by atoms with van der Waals surface area (Å²) in [7, 11) is 0. The first-order valence-electron chi connectivity index (χ1n) is 6.06. The van der Waals surface area contributed by atoms with Crippen molar-refractivity contribution in [2.24, 2.45) is 0 Å². The monoisotopic (exact) mass is 245 g/mol. The third-order valence-electron chi connectivity index (χ3n) is 3.20. The Labute approximate surface area is 105 Å². The Morgan fingerprint density at radius 3 is 2.89 bits per heavy atom. The van der Waals surface area contributed by atoms with Gasteiger partial charge in [-0.05, 0) is 18.5 Å². The van der Waals surface area contributed by atoms with Gasteiger partial charge in [-0.15, -0.1) is 0 Å². The molecule has 0 spiro atoms. The van der Waals surface area contributed by atoms with E-state index in [0.29, 0.717) is 31.1 Å². The molecule has 1 aromatic heterocycles. The lowest BCUT2D eigenvalue weighted by atomic mass is 10.0. The normalized spacial score (nSPS) is 23.4. The predicted molar refractivity (Wildman–Crippen MR) is 64.9 cm³/mol. The maximum absolute atomic E-state index is 10.3. The van der Waals surface area contributed by atoms with Gasteiger partial charge >= 0.3 is 0 Å². The molecule has 3 rings (SSSR count). The quantitative estimate of drug-likeness (QED) is 0.838. The van der Waals surface area contributed by atoms with E-state index in [0.717, 1.165) is 12.1 Å². The third-order valence-corrected chi connectivity index (χ3v) is 3.20. The Bertz CT molecular complexity index is 518. The van der Waals surface area contributed by atoms with E-state index in [4.69, 9.17) is 4.52 Å². The van der Waals surface area contributed by atoms with E-state index in [1.165, 1.54) is 0 Å². The smallest absolute Gasteiger partial charge is 0.259 e. The number of nitrogens with one attached hydrogen (secondary N) is 1. The molecule has 2 N–H and O–H groups in total. The van der Waals surface area contributed by atoms with Gasteiger partial charge in [0, 0.05) is 13.0 Å². The molecule has 1 unspecified atom stereocenters. The number of aliphatic hydroxyl groups is 1. The van der Waals surface area contributed by atoms with Crippen LogP contribution in [0.5, 0.6) is 0 Å². The number of benzene rings is 1. The van der Waals surface area contributed by atoms with Crippen molar-refractivity contribution in [3.63, 3.8) is 0 Å². The molecule has 1 aliphatic heterocycles. The van der Waals surface area contributed by atoms with Crippen LogP contribution in [-0.2, 0) is 12.0 Å². The second kappa shape index (κ2) is 4.51. The van der Waals surface area contributed by atoms with E-state index in [1.54, 1.807) is 0 Å². The van der Waals surface area contributed by atoms with Gasteiger partial charge in [0.1, 0.15) is 0 Å². The van der Waals surface area contributed by atoms with E-state index in [2.05, 4.69) is 15.5 Å². The van der Waals surface area contributed by atoms with Gasteiger partial charge in [-0.2, -0.15) is 4.98 Å². The fourth-order valence-corrected chi connectivity index (χ4v) is 2.15. The summed E-state index contributed by atoms with van der Waals surface area (Å²) in [5, 5.41) is 17.3. The van der Waals surface area contributed by atoms with Crippen LogP contribution in [-0.4, -0.2) is 28.3 Å². The van der Waals surface area contributed by atoms with Crippen LogP contribution < -0.4 is 5.32 Å². The molecule has 1 fully saturated rings. The van der Waals surface area contributed by atoms with Gasteiger partial charge < -0.3 is 14.9 Å². The number of hydrogen-bond donors (Lipinski definition) is 2. The molecule has 2 aromatic rings. The van der Waals surface area contributed by atoms with Gasteiger partial charge in [0.15, 0.2) is 11.4 Å². The van der Waals surface area contributed by atoms with Crippen molar-refractivity contribution in [3.05, 3.63) is 47.6 Å². The van der Waals surface area contributed by atoms with Crippen LogP contribution in [0.1, 0.15) is 23.7 Å². The molecule has 5 heteroatoms. The minimum Gasteiger partial charge on any atom is -0.379 e. The lowest BCUT2D eigenvalue weighted by molar-refractivity contribution is 0.0243. The molecule has 0 saturated carbocycles. The summed E-state index contributed by atoms with van der Waals surface area (Å²) in [6, 6.07) is 9.96. The summed E-state index contributed by atoms with van der Waals surface area (Å²) in [6.07, 6.45) is 1.23. The maximum atomic E-state index is 10.3. The molecule has 5 nitrogen and oxygen atoms in total. The Morgan fingerprint density at radius 1 is 1.33 bits per heavy atom. The molecule has 1 saturated heterocycles. The van der Waals surface area contributed by atoms with Crippen LogP contribution in [0.4, 0.5) is 0 Å². The fraction of sp³-hybridized carbons (Fsp3) is 0.385. The van der Waals surface area contributed by atoms with Gasteiger partial charge in [-0.25, -0.2) is 0 Å². The molecule has 0 amide bonds. The second-order valence-electron chi connectivity index (χ2n) is 4.64. The van der Waals surface area contributed by atoms with E-state index in [-0.39, 0.29) is 0 Å². The van der Waals surface area contributed by atoms with Gasteiger partial charge in [-0.1, -0.05) is 35.5 Å². The van der Waals surface area contributed by atoms with Gasteiger partial charge in [0.2, 0.25) is 0 Å². The average molecular weight is 245 g/mol. The molecule has 1 aliphatic rings. The van der Waals surface area contributed by atoms with Crippen LogP contribution >= 0.6 is 0 Å². The topological polar surface area (TPSA) is 71.2 Å². The molecular weight excluding hydrogens is 230 g/mol. The predicted octanol–water partition coefficient (Wildman–Crippen LogP) is 0.841. The fourth-order valence-electron chi connectivity index (χ4n) is 2.15. The summed E-state index contributed by atoms with van der Waals surface area (Å²) in [6.45, 7) is 1.24. The highest BCUT2D eigenvalue weighted by Gasteiger charge is 2.38. The van der Waals surface area contributed by atoms with E-state index < -0.39 is 5.60 Å². The molecule has 18 heavy (non-hydrogen) atoms. The standard InChI is InChI=1S/C13H15N3O2/c17-13(6-7-14-9-13)12-15-11(16-18-12)8-10-4-2-1-3-5-10/h1-5,14,17H,6-9H2. The molecular formula is C13H15N3O2. The van der Waals surface area contributed by atoms with Crippen molar-refractivity contribution in [1.29, 1.82) is 0 Å². The molecule has 2 heterocycles. The Kier molecular flexibility index (Phi) is 2.85. The largest absolute Gasteiger partial charge is 0.379 e. The summed E-state index contributed by atoms with van der Waals surface area (Å²) < 4.78 is 5.17. The second-order valence-corrected chi connectivity index (χ2v) is 4.64. The lowest BCUT2D eigenvalue weighted by Gasteiger charge is -2.14. The van der Waals surface area contributed by atoms with Crippen LogP contribution in [0.15, 0.2) is 34.9 Å². The van der Waals surface area contributed by atoms with Crippen molar-refractivity contribution in [2.75, 3.05) is 13.1 Å². The number of hydrogen-bond acceptors (Lipinski definition) is 5. The van der Waals surface area contributed by atoms with Crippen molar-refractivity contribution >= 4 is 0 Å². The zero-order valence-corrected chi connectivity index (χ0v) is 9.97. The zero-order valence-electron chi connectivity index (χ0n) is 9.97. The molecule has 0 radical (unpaired) electrons. The average Bonchev–Trinajstić information content (AvgIpc) is 3.01. The SMILES string of the molecule is OC1(c2nc(Cc3ccccc3)no2)CCNC1.